The molecule has 0 aromatic heterocycles. The third-order valence-corrected chi connectivity index (χ3v) is 3.31. The van der Waals surface area contributed by atoms with Crippen molar-refractivity contribution in [2.24, 2.45) is 11.8 Å². The normalized spacial score (nSPS) is 43.2. The van der Waals surface area contributed by atoms with Gasteiger partial charge in [-0.3, -0.25) is 0 Å². The van der Waals surface area contributed by atoms with E-state index in [2.05, 4.69) is 10.6 Å². The first-order valence-corrected chi connectivity index (χ1v) is 4.81. The van der Waals surface area contributed by atoms with Gasteiger partial charge >= 0.3 is 6.09 Å². The quantitative estimate of drug-likeness (QED) is 0.560. The summed E-state index contributed by atoms with van der Waals surface area (Å²) in [5.74, 6) is 1.36. The van der Waals surface area contributed by atoms with Crippen LogP contribution in [0.2, 0.25) is 0 Å². The molecule has 0 radical (unpaired) electrons. The Morgan fingerprint density at radius 3 is 2.46 bits per heavy atom. The Kier molecular flexibility index (Phi) is 1.95. The summed E-state index contributed by atoms with van der Waals surface area (Å²) in [6, 6.07) is 0. The van der Waals surface area contributed by atoms with Crippen LogP contribution in [0, 0.1) is 11.8 Å². The fraction of sp³-hybridized carbons (Fsp3) is 0.889. The van der Waals surface area contributed by atoms with E-state index < -0.39 is 6.09 Å². The van der Waals surface area contributed by atoms with Crippen LogP contribution < -0.4 is 10.6 Å². The van der Waals surface area contributed by atoms with Gasteiger partial charge in [-0.25, -0.2) is 4.79 Å². The minimum absolute atomic E-state index is 0.177. The predicted molar refractivity (Wildman–Crippen MR) is 48.6 cm³/mol. The average molecular weight is 184 g/mol. The molecule has 2 fully saturated rings. The van der Waals surface area contributed by atoms with Crippen molar-refractivity contribution < 1.29 is 9.90 Å². The second-order valence-corrected chi connectivity index (χ2v) is 4.58. The van der Waals surface area contributed by atoms with Crippen molar-refractivity contribution in [3.63, 3.8) is 0 Å². The molecule has 0 unspecified atom stereocenters. The third kappa shape index (κ3) is 1.63. The highest BCUT2D eigenvalue weighted by Gasteiger charge is 2.44. The summed E-state index contributed by atoms with van der Waals surface area (Å²) >= 11 is 0. The topological polar surface area (TPSA) is 61.4 Å². The summed E-state index contributed by atoms with van der Waals surface area (Å²) in [5, 5.41) is 14.7. The fourth-order valence-electron chi connectivity index (χ4n) is 2.87. The second-order valence-electron chi connectivity index (χ2n) is 4.58. The van der Waals surface area contributed by atoms with Gasteiger partial charge in [0.1, 0.15) is 0 Å². The van der Waals surface area contributed by atoms with E-state index in [0.29, 0.717) is 11.8 Å². The predicted octanol–water partition coefficient (Wildman–Crippen LogP) is 0.642. The van der Waals surface area contributed by atoms with Gasteiger partial charge in [0.25, 0.3) is 0 Å². The molecule has 1 amide bonds. The third-order valence-electron chi connectivity index (χ3n) is 3.31. The molecule has 1 aliphatic heterocycles. The zero-order valence-corrected chi connectivity index (χ0v) is 7.84. The highest BCUT2D eigenvalue weighted by molar-refractivity contribution is 5.65. The van der Waals surface area contributed by atoms with Crippen LogP contribution in [0.5, 0.6) is 0 Å². The van der Waals surface area contributed by atoms with Crippen LogP contribution >= 0.6 is 0 Å². The number of carboxylic acid groups (broad SMARTS) is 1. The smallest absolute Gasteiger partial charge is 0.405 e. The van der Waals surface area contributed by atoms with E-state index in [1.54, 1.807) is 0 Å². The summed E-state index contributed by atoms with van der Waals surface area (Å²) in [5.41, 5.74) is -0.177. The zero-order valence-electron chi connectivity index (χ0n) is 7.84. The molecule has 0 spiro atoms. The number of nitrogens with one attached hydrogen (secondary N) is 2. The van der Waals surface area contributed by atoms with Crippen LogP contribution in [-0.4, -0.2) is 29.8 Å². The van der Waals surface area contributed by atoms with E-state index in [0.717, 1.165) is 25.9 Å². The molecule has 4 heteroatoms. The van der Waals surface area contributed by atoms with Crippen LogP contribution in [-0.2, 0) is 0 Å². The van der Waals surface area contributed by atoms with Crippen LogP contribution in [0.4, 0.5) is 4.79 Å². The van der Waals surface area contributed by atoms with Crippen LogP contribution in [0.25, 0.3) is 0 Å². The summed E-state index contributed by atoms with van der Waals surface area (Å²) in [7, 11) is 0. The van der Waals surface area contributed by atoms with Gasteiger partial charge in [0.2, 0.25) is 0 Å². The Hall–Kier alpha value is -0.770. The molecule has 0 aromatic carbocycles. The van der Waals surface area contributed by atoms with E-state index >= 15 is 0 Å². The summed E-state index contributed by atoms with van der Waals surface area (Å²) in [4.78, 5) is 10.6. The SMILES string of the molecule is C[C@]1(NC(=O)O)C[C@H]2CNC[C@H]2C1. The first-order valence-electron chi connectivity index (χ1n) is 4.81. The molecule has 2 aliphatic rings. The van der Waals surface area contributed by atoms with Gasteiger partial charge in [-0.1, -0.05) is 0 Å². The van der Waals surface area contributed by atoms with Crippen LogP contribution in [0.3, 0.4) is 0 Å². The molecule has 1 aliphatic carbocycles. The van der Waals surface area contributed by atoms with Gasteiger partial charge in [0.05, 0.1) is 0 Å². The van der Waals surface area contributed by atoms with Gasteiger partial charge in [-0.2, -0.15) is 0 Å². The van der Waals surface area contributed by atoms with Crippen molar-refractivity contribution in [3.8, 4) is 0 Å². The summed E-state index contributed by atoms with van der Waals surface area (Å²) in [6.07, 6.45) is 1.07. The lowest BCUT2D eigenvalue weighted by molar-refractivity contribution is 0.179. The van der Waals surface area contributed by atoms with E-state index in [1.807, 2.05) is 6.92 Å². The monoisotopic (exact) mass is 184 g/mol. The number of rotatable bonds is 1. The maximum atomic E-state index is 10.6. The molecule has 3 atom stereocenters. The maximum absolute atomic E-state index is 10.6. The number of hydrogen-bond donors (Lipinski definition) is 3. The Labute approximate surface area is 77.7 Å². The van der Waals surface area contributed by atoms with Gasteiger partial charge in [0, 0.05) is 5.54 Å². The molecule has 4 nitrogen and oxygen atoms in total. The minimum Gasteiger partial charge on any atom is -0.465 e. The minimum atomic E-state index is -0.893. The zero-order chi connectivity index (χ0) is 9.47. The Balaban J connectivity index is 2.00. The van der Waals surface area contributed by atoms with Crippen molar-refractivity contribution in [1.29, 1.82) is 0 Å². The van der Waals surface area contributed by atoms with E-state index in [9.17, 15) is 4.79 Å². The molecular formula is C9H16N2O2. The van der Waals surface area contributed by atoms with Gasteiger partial charge in [-0.15, -0.1) is 0 Å². The molecule has 74 valence electrons. The fourth-order valence-corrected chi connectivity index (χ4v) is 2.87. The van der Waals surface area contributed by atoms with Crippen LogP contribution in [0.1, 0.15) is 19.8 Å². The maximum Gasteiger partial charge on any atom is 0.405 e. The van der Waals surface area contributed by atoms with Crippen molar-refractivity contribution in [1.82, 2.24) is 10.6 Å². The lowest BCUT2D eigenvalue weighted by Crippen LogP contribution is -2.44. The first-order chi connectivity index (χ1) is 6.09. The molecule has 1 heterocycles. The van der Waals surface area contributed by atoms with Gasteiger partial charge in [0.15, 0.2) is 0 Å². The van der Waals surface area contributed by atoms with E-state index in [1.165, 1.54) is 0 Å². The first kappa shape index (κ1) is 8.81. The lowest BCUT2D eigenvalue weighted by Gasteiger charge is -2.24. The molecular weight excluding hydrogens is 168 g/mol. The van der Waals surface area contributed by atoms with Crippen molar-refractivity contribution in [2.75, 3.05) is 13.1 Å². The Morgan fingerprint density at radius 2 is 2.00 bits per heavy atom. The molecule has 0 aromatic rings. The van der Waals surface area contributed by atoms with Gasteiger partial charge < -0.3 is 15.7 Å². The number of carbonyl (C=O) groups is 1. The van der Waals surface area contributed by atoms with E-state index in [4.69, 9.17) is 5.11 Å². The number of hydrogen-bond acceptors (Lipinski definition) is 2. The second kappa shape index (κ2) is 2.87. The summed E-state index contributed by atoms with van der Waals surface area (Å²) < 4.78 is 0. The Morgan fingerprint density at radius 1 is 1.46 bits per heavy atom. The van der Waals surface area contributed by atoms with E-state index in [-0.39, 0.29) is 5.54 Å². The lowest BCUT2D eigenvalue weighted by atomic mass is 9.98. The van der Waals surface area contributed by atoms with Crippen molar-refractivity contribution in [2.45, 2.75) is 25.3 Å². The molecule has 1 saturated heterocycles. The van der Waals surface area contributed by atoms with Gasteiger partial charge in [-0.05, 0) is 44.7 Å². The van der Waals surface area contributed by atoms with Crippen molar-refractivity contribution in [3.05, 3.63) is 0 Å². The average Bonchev–Trinajstić information content (AvgIpc) is 2.41. The number of fused-ring (bicyclic) bond motifs is 1. The number of amides is 1. The molecule has 0 bridgehead atoms. The van der Waals surface area contributed by atoms with Crippen LogP contribution in [0.15, 0.2) is 0 Å². The summed E-state index contributed by atoms with van der Waals surface area (Å²) in [6.45, 7) is 4.13. The molecule has 13 heavy (non-hydrogen) atoms. The highest BCUT2D eigenvalue weighted by atomic mass is 16.4. The largest absolute Gasteiger partial charge is 0.465 e. The standard InChI is InChI=1S/C9H16N2O2/c1-9(11-8(12)13)2-6-4-10-5-7(6)3-9/h6-7,10-11H,2-5H2,1H3,(H,12,13)/t6-,7+,9-. The van der Waals surface area contributed by atoms with Crippen molar-refractivity contribution >= 4 is 6.09 Å². The molecule has 2 rings (SSSR count). The molecule has 1 saturated carbocycles. The molecule has 3 N–H and O–H groups in total. The highest BCUT2D eigenvalue weighted by Crippen LogP contribution is 2.40. The Bertz CT molecular complexity index is 218.